The zero-order chi connectivity index (χ0) is 34.7. The third kappa shape index (κ3) is 7.05. The van der Waals surface area contributed by atoms with Gasteiger partial charge in [0.05, 0.1) is 17.6 Å². The highest BCUT2D eigenvalue weighted by molar-refractivity contribution is 7.99. The Balaban J connectivity index is 1.46. The van der Waals surface area contributed by atoms with Crippen LogP contribution in [0.4, 0.5) is 8.78 Å². The number of aromatic nitrogens is 4. The van der Waals surface area contributed by atoms with Crippen molar-refractivity contribution >= 4 is 34.7 Å². The first-order valence-corrected chi connectivity index (χ1v) is 17.1. The predicted molar refractivity (Wildman–Crippen MR) is 189 cm³/mol. The zero-order valence-electron chi connectivity index (χ0n) is 27.8. The molecule has 6 rings (SSSR count). The molecule has 2 aromatic heterocycles. The molecule has 3 heterocycles. The number of carbonyl (C=O) groups is 1. The van der Waals surface area contributed by atoms with E-state index in [9.17, 15) is 4.79 Å². The number of allylic oxidation sites excluding steroid dienone is 1. The van der Waals surface area contributed by atoms with Crippen LogP contribution in [0.3, 0.4) is 0 Å². The first-order chi connectivity index (χ1) is 23.6. The van der Waals surface area contributed by atoms with Crippen LogP contribution in [0.5, 0.6) is 11.5 Å². The van der Waals surface area contributed by atoms with Crippen LogP contribution in [0.15, 0.2) is 78.3 Å². The summed E-state index contributed by atoms with van der Waals surface area (Å²) in [6, 6.07) is 15.3. The Morgan fingerprint density at radius 2 is 2.02 bits per heavy atom. The van der Waals surface area contributed by atoms with Crippen molar-refractivity contribution in [3.05, 3.63) is 112 Å². The summed E-state index contributed by atoms with van der Waals surface area (Å²) in [6.45, 7) is 6.25. The molecule has 0 amide bonds. The fourth-order valence-corrected chi connectivity index (χ4v) is 6.98. The van der Waals surface area contributed by atoms with E-state index in [1.54, 1.807) is 42.7 Å². The summed E-state index contributed by atoms with van der Waals surface area (Å²) < 4.78 is 44.0. The molecule has 1 aliphatic rings. The van der Waals surface area contributed by atoms with Crippen LogP contribution < -0.4 is 15.8 Å². The molecule has 4 N–H and O–H groups in total. The summed E-state index contributed by atoms with van der Waals surface area (Å²) in [4.78, 5) is 20.0. The average molecular weight is 685 g/mol. The Morgan fingerprint density at radius 1 is 1.18 bits per heavy atom. The van der Waals surface area contributed by atoms with Gasteiger partial charge in [0, 0.05) is 65.5 Å². The smallest absolute Gasteiger partial charge is 0.330 e. The van der Waals surface area contributed by atoms with Crippen molar-refractivity contribution in [2.24, 2.45) is 12.8 Å². The van der Waals surface area contributed by atoms with E-state index in [-0.39, 0.29) is 23.6 Å². The van der Waals surface area contributed by atoms with Crippen LogP contribution in [0, 0.1) is 11.6 Å². The number of fused-ring (bicyclic) bond motifs is 8. The van der Waals surface area contributed by atoms with Crippen molar-refractivity contribution in [2.75, 3.05) is 18.1 Å². The van der Waals surface area contributed by atoms with Crippen LogP contribution in [-0.4, -0.2) is 43.8 Å². The van der Waals surface area contributed by atoms with Gasteiger partial charge in [-0.2, -0.15) is 16.9 Å². The number of nitrogens with one attached hydrogen (secondary N) is 2. The maximum Gasteiger partial charge on any atom is 0.330 e. The van der Waals surface area contributed by atoms with Crippen molar-refractivity contribution in [3.63, 3.8) is 0 Å². The zero-order valence-corrected chi connectivity index (χ0v) is 28.6. The molecule has 0 radical (unpaired) electrons. The maximum atomic E-state index is 15.6. The Bertz CT molecular complexity index is 2090. The third-order valence-electron chi connectivity index (χ3n) is 8.76. The molecular formula is C37H38F2N6O3S. The number of hydrogen-bond donors (Lipinski definition) is 3. The summed E-state index contributed by atoms with van der Waals surface area (Å²) >= 11 is 1.67. The molecule has 0 saturated carbocycles. The predicted octanol–water partition coefficient (Wildman–Crippen LogP) is 7.33. The van der Waals surface area contributed by atoms with Crippen LogP contribution in [0.25, 0.3) is 28.4 Å². The number of rotatable bonds is 4. The molecule has 1 aliphatic heterocycles. The first-order valence-electron chi connectivity index (χ1n) is 16.0. The molecule has 4 bridgehead atoms. The minimum atomic E-state index is -0.706. The fraction of sp³-hybridized carbons (Fsp3) is 0.270. The summed E-state index contributed by atoms with van der Waals surface area (Å²) in [5.41, 5.74) is 10.4. The van der Waals surface area contributed by atoms with Gasteiger partial charge in [0.15, 0.2) is 23.2 Å². The normalized spacial score (nSPS) is 18.7. The van der Waals surface area contributed by atoms with Gasteiger partial charge in [0.2, 0.25) is 0 Å². The van der Waals surface area contributed by atoms with Gasteiger partial charge in [-0.05, 0) is 74.4 Å². The fourth-order valence-electron chi connectivity index (χ4n) is 5.85. The van der Waals surface area contributed by atoms with Crippen molar-refractivity contribution in [1.82, 2.24) is 25.1 Å². The van der Waals surface area contributed by atoms with Gasteiger partial charge in [-0.25, -0.2) is 23.2 Å². The Labute approximate surface area is 287 Å². The molecule has 9 nitrogen and oxygen atoms in total. The molecule has 1 atom stereocenters. The van der Waals surface area contributed by atoms with Crippen LogP contribution in [0.2, 0.25) is 0 Å². The first kappa shape index (κ1) is 33.8. The topological polar surface area (TPSA) is 120 Å². The summed E-state index contributed by atoms with van der Waals surface area (Å²) in [7, 11) is 1.71. The van der Waals surface area contributed by atoms with E-state index in [0.717, 1.165) is 22.2 Å². The van der Waals surface area contributed by atoms with Gasteiger partial charge < -0.3 is 25.5 Å². The van der Waals surface area contributed by atoms with Gasteiger partial charge in [0.25, 0.3) is 0 Å². The number of aromatic amines is 1. The number of aryl methyl sites for hydroxylation is 1. The number of benzene rings is 3. The lowest BCUT2D eigenvalue weighted by atomic mass is 9.78. The van der Waals surface area contributed by atoms with E-state index < -0.39 is 23.0 Å². The third-order valence-corrected chi connectivity index (χ3v) is 9.77. The number of nitrogens with zero attached hydrogens (tertiary/aromatic N) is 3. The highest BCUT2D eigenvalue weighted by Crippen LogP contribution is 2.39. The molecule has 254 valence electrons. The van der Waals surface area contributed by atoms with Crippen molar-refractivity contribution in [3.8, 4) is 22.9 Å². The molecule has 0 fully saturated rings. The number of hydrogen-bond acceptors (Lipinski definition) is 8. The van der Waals surface area contributed by atoms with E-state index in [4.69, 9.17) is 25.3 Å². The lowest BCUT2D eigenvalue weighted by Crippen LogP contribution is -2.27. The van der Waals surface area contributed by atoms with Crippen molar-refractivity contribution < 1.29 is 23.0 Å². The Hall–Kier alpha value is -5.10. The van der Waals surface area contributed by atoms with E-state index in [0.29, 0.717) is 53.0 Å². The SMILES string of the molecule is CCOC(=O)/C=C/c1cccc(C2(C)CCSC/C(N)=C(\C)NCc3c(c(F)cc4[nH]ccc34)Oc3ccc(F)c(c3)-c3nc2nn3C)c1. The van der Waals surface area contributed by atoms with E-state index >= 15 is 8.78 Å². The minimum absolute atomic E-state index is 0.0298. The van der Waals surface area contributed by atoms with Crippen LogP contribution in [-0.2, 0) is 28.5 Å². The van der Waals surface area contributed by atoms with Crippen LogP contribution in [0.1, 0.15) is 49.7 Å². The number of thioether (sulfide) groups is 1. The lowest BCUT2D eigenvalue weighted by molar-refractivity contribution is -0.137. The molecular weight excluding hydrogens is 647 g/mol. The molecule has 12 heteroatoms. The Kier molecular flexibility index (Phi) is 9.77. The van der Waals surface area contributed by atoms with E-state index in [1.165, 1.54) is 30.3 Å². The largest absolute Gasteiger partial charge is 0.463 e. The number of esters is 1. The van der Waals surface area contributed by atoms with Gasteiger partial charge >= 0.3 is 5.97 Å². The van der Waals surface area contributed by atoms with Crippen molar-refractivity contribution in [2.45, 2.75) is 39.2 Å². The lowest BCUT2D eigenvalue weighted by Gasteiger charge is -2.28. The average Bonchev–Trinajstić information content (AvgIpc) is 3.72. The highest BCUT2D eigenvalue weighted by atomic mass is 32.2. The van der Waals surface area contributed by atoms with Gasteiger partial charge in [-0.3, -0.25) is 0 Å². The number of carbonyl (C=O) groups excluding carboxylic acids is 1. The highest BCUT2D eigenvalue weighted by Gasteiger charge is 2.34. The molecule has 5 aromatic rings. The van der Waals surface area contributed by atoms with Crippen LogP contribution >= 0.6 is 11.8 Å². The molecule has 0 spiro atoms. The second kappa shape index (κ2) is 14.2. The monoisotopic (exact) mass is 684 g/mol. The second-order valence-electron chi connectivity index (χ2n) is 12.1. The molecule has 0 aliphatic carbocycles. The van der Waals surface area contributed by atoms with Gasteiger partial charge in [-0.15, -0.1) is 0 Å². The molecule has 49 heavy (non-hydrogen) atoms. The Morgan fingerprint density at radius 3 is 2.84 bits per heavy atom. The van der Waals surface area contributed by atoms with E-state index in [1.807, 2.05) is 37.3 Å². The summed E-state index contributed by atoms with van der Waals surface area (Å²) in [6.07, 6.45) is 5.49. The summed E-state index contributed by atoms with van der Waals surface area (Å²) in [5, 5.41) is 8.97. The summed E-state index contributed by atoms with van der Waals surface area (Å²) in [5.74, 6) is 0.817. The second-order valence-corrected chi connectivity index (χ2v) is 13.2. The maximum absolute atomic E-state index is 15.6. The quantitative estimate of drug-likeness (QED) is 0.133. The number of nitrogens with two attached hydrogens (primary N) is 1. The molecule has 3 aromatic carbocycles. The van der Waals surface area contributed by atoms with Crippen molar-refractivity contribution in [1.29, 1.82) is 0 Å². The minimum Gasteiger partial charge on any atom is -0.463 e. The number of H-pyrrole nitrogens is 1. The molecule has 1 unspecified atom stereocenters. The molecule has 0 saturated heterocycles. The van der Waals surface area contributed by atoms with Gasteiger partial charge in [-0.1, -0.05) is 24.3 Å². The standard InChI is InChI=1S/C37H38F2N6O3S/c1-5-47-33(46)12-9-23-7-6-8-24(17-23)37(3)14-16-49-21-31(40)22(2)42-20-28-26-13-15-41-32(26)19-30(39)34(28)48-25-10-11-29(38)27(18-25)35-43-36(37)44-45(35)4/h6-13,15,17-19,41-42H,5,14,16,20-21,40H2,1-4H3/b12-9+,31-22-. The number of halogens is 2. The van der Waals surface area contributed by atoms with Gasteiger partial charge in [0.1, 0.15) is 11.6 Å². The number of ether oxygens (including phenoxy) is 2. The van der Waals surface area contributed by atoms with E-state index in [2.05, 4.69) is 17.2 Å².